The largest absolute Gasteiger partial charge is 0.457 e. The number of aryl methyl sites for hydroxylation is 1. The molecule has 3 nitrogen and oxygen atoms in total. The van der Waals surface area contributed by atoms with E-state index >= 15 is 0 Å². The molecule has 4 heteroatoms. The smallest absolute Gasteiger partial charge is 0.255 e. The van der Waals surface area contributed by atoms with Crippen LogP contribution in [-0.2, 0) is 6.42 Å². The molecule has 1 heterocycles. The van der Waals surface area contributed by atoms with Crippen LogP contribution in [0.3, 0.4) is 0 Å². The van der Waals surface area contributed by atoms with Crippen LogP contribution in [0.15, 0.2) is 45.7 Å². The van der Waals surface area contributed by atoms with Crippen LogP contribution >= 0.6 is 15.9 Å². The second-order valence-corrected chi connectivity index (χ2v) is 5.54. The first kappa shape index (κ1) is 12.5. The zero-order valence-electron chi connectivity index (χ0n) is 10.4. The summed E-state index contributed by atoms with van der Waals surface area (Å²) in [5.41, 5.74) is 3.13. The van der Waals surface area contributed by atoms with Gasteiger partial charge in [-0.2, -0.15) is 0 Å². The fraction of sp³-hybridized carbons (Fsp3) is 0.267. The highest BCUT2D eigenvalue weighted by molar-refractivity contribution is 9.10. The number of rotatable bonds is 2. The Bertz CT molecular complexity index is 606. The van der Waals surface area contributed by atoms with E-state index in [2.05, 4.69) is 39.4 Å². The highest BCUT2D eigenvalue weighted by Gasteiger charge is 2.22. The van der Waals surface area contributed by atoms with Crippen LogP contribution in [0.5, 0.6) is 0 Å². The zero-order chi connectivity index (χ0) is 13.2. The zero-order valence-corrected chi connectivity index (χ0v) is 11.9. The summed E-state index contributed by atoms with van der Waals surface area (Å²) in [6.45, 7) is 0. The van der Waals surface area contributed by atoms with E-state index in [0.717, 1.165) is 19.3 Å². The number of halogens is 1. The van der Waals surface area contributed by atoms with Gasteiger partial charge in [-0.25, -0.2) is 0 Å². The van der Waals surface area contributed by atoms with Gasteiger partial charge in [-0.15, -0.1) is 0 Å². The molecule has 1 aromatic carbocycles. The first-order valence-corrected chi connectivity index (χ1v) is 7.16. The SMILES string of the molecule is O=C(NC1CCCc2ccccc21)c1coc(Br)c1. The van der Waals surface area contributed by atoms with Crippen LogP contribution in [-0.4, -0.2) is 5.91 Å². The van der Waals surface area contributed by atoms with Gasteiger partial charge in [-0.3, -0.25) is 4.79 Å². The number of benzene rings is 1. The fourth-order valence-electron chi connectivity index (χ4n) is 2.57. The van der Waals surface area contributed by atoms with Gasteiger partial charge in [0.15, 0.2) is 4.67 Å². The van der Waals surface area contributed by atoms with E-state index in [1.807, 2.05) is 6.07 Å². The van der Waals surface area contributed by atoms with Crippen molar-refractivity contribution in [3.05, 3.63) is 58.0 Å². The highest BCUT2D eigenvalue weighted by Crippen LogP contribution is 2.29. The summed E-state index contributed by atoms with van der Waals surface area (Å²) >= 11 is 3.20. The Hall–Kier alpha value is -1.55. The third kappa shape index (κ3) is 2.59. The number of carbonyl (C=O) groups is 1. The van der Waals surface area contributed by atoms with Crippen molar-refractivity contribution in [3.63, 3.8) is 0 Å². The average Bonchev–Trinajstić information content (AvgIpc) is 2.86. The highest BCUT2D eigenvalue weighted by atomic mass is 79.9. The molecule has 0 saturated heterocycles. The van der Waals surface area contributed by atoms with Gasteiger partial charge in [0.1, 0.15) is 6.26 Å². The Balaban J connectivity index is 1.79. The van der Waals surface area contributed by atoms with Crippen LogP contribution in [0.25, 0.3) is 0 Å². The van der Waals surface area contributed by atoms with Crippen molar-refractivity contribution in [1.29, 1.82) is 0 Å². The molecule has 0 spiro atoms. The summed E-state index contributed by atoms with van der Waals surface area (Å²) in [7, 11) is 0. The quantitative estimate of drug-likeness (QED) is 0.913. The van der Waals surface area contributed by atoms with Crippen molar-refractivity contribution >= 4 is 21.8 Å². The van der Waals surface area contributed by atoms with Gasteiger partial charge in [0.2, 0.25) is 0 Å². The maximum atomic E-state index is 12.1. The van der Waals surface area contributed by atoms with E-state index < -0.39 is 0 Å². The van der Waals surface area contributed by atoms with E-state index in [1.54, 1.807) is 6.07 Å². The molecule has 0 fully saturated rings. The fourth-order valence-corrected chi connectivity index (χ4v) is 2.91. The lowest BCUT2D eigenvalue weighted by atomic mass is 9.87. The number of carbonyl (C=O) groups excluding carboxylic acids is 1. The Morgan fingerprint density at radius 1 is 1.37 bits per heavy atom. The lowest BCUT2D eigenvalue weighted by Crippen LogP contribution is -2.30. The molecule has 98 valence electrons. The summed E-state index contributed by atoms with van der Waals surface area (Å²) in [5.74, 6) is -0.0869. The molecule has 1 aliphatic carbocycles. The Kier molecular flexibility index (Phi) is 3.42. The summed E-state index contributed by atoms with van der Waals surface area (Å²) in [6, 6.07) is 10.1. The van der Waals surface area contributed by atoms with Crippen LogP contribution < -0.4 is 5.32 Å². The number of nitrogens with one attached hydrogen (secondary N) is 1. The number of amides is 1. The Labute approximate surface area is 120 Å². The minimum Gasteiger partial charge on any atom is -0.457 e. The molecular weight excluding hydrogens is 306 g/mol. The molecule has 1 aromatic heterocycles. The number of furan rings is 1. The predicted molar refractivity (Wildman–Crippen MR) is 76.0 cm³/mol. The van der Waals surface area contributed by atoms with Crippen molar-refractivity contribution in [2.45, 2.75) is 25.3 Å². The lowest BCUT2D eigenvalue weighted by molar-refractivity contribution is 0.0932. The summed E-state index contributed by atoms with van der Waals surface area (Å²) in [6.07, 6.45) is 4.66. The molecule has 1 amide bonds. The maximum Gasteiger partial charge on any atom is 0.255 e. The van der Waals surface area contributed by atoms with Gasteiger partial charge in [0, 0.05) is 6.07 Å². The molecule has 1 atom stereocenters. The average molecular weight is 320 g/mol. The van der Waals surface area contributed by atoms with Gasteiger partial charge in [-0.1, -0.05) is 24.3 Å². The first-order chi connectivity index (χ1) is 9.24. The van der Waals surface area contributed by atoms with Gasteiger partial charge < -0.3 is 9.73 Å². The standard InChI is InChI=1S/C15H14BrNO2/c16-14-8-11(9-19-14)15(18)17-13-7-3-5-10-4-1-2-6-12(10)13/h1-2,4,6,8-9,13H,3,5,7H2,(H,17,18). The first-order valence-electron chi connectivity index (χ1n) is 6.37. The minimum absolute atomic E-state index is 0.0869. The van der Waals surface area contributed by atoms with E-state index in [4.69, 9.17) is 4.42 Å². The number of fused-ring (bicyclic) bond motifs is 1. The van der Waals surface area contributed by atoms with E-state index in [0.29, 0.717) is 10.2 Å². The van der Waals surface area contributed by atoms with Crippen molar-refractivity contribution < 1.29 is 9.21 Å². The monoisotopic (exact) mass is 319 g/mol. The second-order valence-electron chi connectivity index (χ2n) is 4.76. The summed E-state index contributed by atoms with van der Waals surface area (Å²) < 4.78 is 5.67. The van der Waals surface area contributed by atoms with Gasteiger partial charge in [0.05, 0.1) is 11.6 Å². The molecule has 3 rings (SSSR count). The number of hydrogen-bond donors (Lipinski definition) is 1. The lowest BCUT2D eigenvalue weighted by Gasteiger charge is -2.26. The maximum absolute atomic E-state index is 12.1. The van der Waals surface area contributed by atoms with E-state index in [-0.39, 0.29) is 11.9 Å². The van der Waals surface area contributed by atoms with E-state index in [1.165, 1.54) is 17.4 Å². The molecule has 1 unspecified atom stereocenters. The van der Waals surface area contributed by atoms with Crippen LogP contribution in [0.4, 0.5) is 0 Å². The van der Waals surface area contributed by atoms with Gasteiger partial charge in [0.25, 0.3) is 5.91 Å². The molecule has 1 N–H and O–H groups in total. The molecule has 2 aromatic rings. The second kappa shape index (κ2) is 5.21. The van der Waals surface area contributed by atoms with Crippen molar-refractivity contribution in [2.24, 2.45) is 0 Å². The van der Waals surface area contributed by atoms with E-state index in [9.17, 15) is 4.79 Å². The third-order valence-corrected chi connectivity index (χ3v) is 3.92. The molecule has 0 saturated carbocycles. The van der Waals surface area contributed by atoms with Crippen LogP contribution in [0, 0.1) is 0 Å². The summed E-state index contributed by atoms with van der Waals surface area (Å²) in [4.78, 5) is 12.1. The van der Waals surface area contributed by atoms with Crippen molar-refractivity contribution in [1.82, 2.24) is 5.32 Å². The third-order valence-electron chi connectivity index (χ3n) is 3.50. The predicted octanol–water partition coefficient (Wildman–Crippen LogP) is 3.85. The van der Waals surface area contributed by atoms with Gasteiger partial charge >= 0.3 is 0 Å². The Morgan fingerprint density at radius 2 is 2.21 bits per heavy atom. The molecule has 19 heavy (non-hydrogen) atoms. The van der Waals surface area contributed by atoms with Crippen LogP contribution in [0.2, 0.25) is 0 Å². The summed E-state index contributed by atoms with van der Waals surface area (Å²) in [5, 5.41) is 3.08. The van der Waals surface area contributed by atoms with Gasteiger partial charge in [-0.05, 0) is 46.3 Å². The van der Waals surface area contributed by atoms with Crippen molar-refractivity contribution in [2.75, 3.05) is 0 Å². The topological polar surface area (TPSA) is 42.2 Å². The van der Waals surface area contributed by atoms with Crippen LogP contribution in [0.1, 0.15) is 40.4 Å². The molecular formula is C15H14BrNO2. The normalized spacial score (nSPS) is 17.8. The minimum atomic E-state index is -0.0869. The molecule has 0 bridgehead atoms. The molecule has 0 aliphatic heterocycles. The number of hydrogen-bond acceptors (Lipinski definition) is 2. The molecule has 1 aliphatic rings. The molecule has 0 radical (unpaired) electrons. The Morgan fingerprint density at radius 3 is 3.00 bits per heavy atom. The van der Waals surface area contributed by atoms with Crippen molar-refractivity contribution in [3.8, 4) is 0 Å².